The molecule has 10 heteroatoms. The van der Waals surface area contributed by atoms with Gasteiger partial charge in [-0.2, -0.15) is 0 Å². The van der Waals surface area contributed by atoms with Crippen LogP contribution in [-0.2, 0) is 9.59 Å². The number of rotatable bonds is 5. The highest BCUT2D eigenvalue weighted by Gasteiger charge is 2.38. The van der Waals surface area contributed by atoms with Gasteiger partial charge in [-0.25, -0.2) is 4.39 Å². The van der Waals surface area contributed by atoms with Crippen molar-refractivity contribution < 1.29 is 23.6 Å². The van der Waals surface area contributed by atoms with E-state index < -0.39 is 35.2 Å². The number of fused-ring (bicyclic) bond motifs is 1. The molecule has 2 aromatic carbocycles. The molecular weight excluding hydrogens is 405 g/mol. The molecule has 2 amide bonds. The molecule has 1 N–H and O–H groups in total. The molecule has 29 heavy (non-hydrogen) atoms. The van der Waals surface area contributed by atoms with Crippen LogP contribution >= 0.6 is 11.6 Å². The van der Waals surface area contributed by atoms with Crippen LogP contribution in [0.2, 0.25) is 5.02 Å². The number of carbonyl (C=O) groups is 2. The van der Waals surface area contributed by atoms with Gasteiger partial charge in [0, 0.05) is 17.8 Å². The zero-order valence-corrected chi connectivity index (χ0v) is 16.3. The maximum Gasteiger partial charge on any atom is 0.271 e. The van der Waals surface area contributed by atoms with Gasteiger partial charge in [0.1, 0.15) is 18.1 Å². The van der Waals surface area contributed by atoms with Crippen molar-refractivity contribution >= 4 is 40.5 Å². The van der Waals surface area contributed by atoms with Crippen LogP contribution in [0.15, 0.2) is 36.4 Å². The van der Waals surface area contributed by atoms with Crippen LogP contribution in [0.25, 0.3) is 0 Å². The Kier molecular flexibility index (Phi) is 5.69. The van der Waals surface area contributed by atoms with Gasteiger partial charge in [-0.15, -0.1) is 0 Å². The normalized spacial score (nSPS) is 15.7. The molecule has 1 unspecified atom stereocenters. The van der Waals surface area contributed by atoms with Crippen molar-refractivity contribution in [2.75, 3.05) is 16.8 Å². The van der Waals surface area contributed by atoms with Crippen LogP contribution in [0.1, 0.15) is 13.8 Å². The Hall–Kier alpha value is -3.20. The number of ether oxygens (including phenoxy) is 1. The van der Waals surface area contributed by atoms with E-state index in [4.69, 9.17) is 16.3 Å². The van der Waals surface area contributed by atoms with Crippen molar-refractivity contribution in [2.45, 2.75) is 20.0 Å². The van der Waals surface area contributed by atoms with Crippen molar-refractivity contribution in [1.29, 1.82) is 0 Å². The minimum absolute atomic E-state index is 0.133. The van der Waals surface area contributed by atoms with E-state index >= 15 is 0 Å². The van der Waals surface area contributed by atoms with Gasteiger partial charge in [-0.1, -0.05) is 25.4 Å². The first-order chi connectivity index (χ1) is 13.7. The van der Waals surface area contributed by atoms with Gasteiger partial charge >= 0.3 is 0 Å². The van der Waals surface area contributed by atoms with E-state index in [9.17, 15) is 24.1 Å². The minimum Gasteiger partial charge on any atom is -0.478 e. The molecule has 0 radical (unpaired) electrons. The summed E-state index contributed by atoms with van der Waals surface area (Å²) in [6.45, 7) is 3.17. The van der Waals surface area contributed by atoms with Crippen LogP contribution in [0, 0.1) is 21.8 Å². The van der Waals surface area contributed by atoms with Gasteiger partial charge in [0.15, 0.2) is 6.10 Å². The van der Waals surface area contributed by atoms with Crippen molar-refractivity contribution in [3.05, 3.63) is 57.4 Å². The summed E-state index contributed by atoms with van der Waals surface area (Å²) in [6, 6.07) is 7.53. The number of hydrogen-bond acceptors (Lipinski definition) is 5. The van der Waals surface area contributed by atoms with E-state index in [1.165, 1.54) is 30.3 Å². The van der Waals surface area contributed by atoms with Crippen molar-refractivity contribution in [1.82, 2.24) is 0 Å². The fourth-order valence-corrected chi connectivity index (χ4v) is 3.07. The summed E-state index contributed by atoms with van der Waals surface area (Å²) >= 11 is 5.71. The molecular formula is C19H17ClFN3O5. The van der Waals surface area contributed by atoms with Gasteiger partial charge in [0.25, 0.3) is 11.6 Å². The fourth-order valence-electron chi connectivity index (χ4n) is 2.89. The quantitative estimate of drug-likeness (QED) is 0.584. The Labute approximate surface area is 170 Å². The van der Waals surface area contributed by atoms with Gasteiger partial charge in [0.05, 0.1) is 15.6 Å². The smallest absolute Gasteiger partial charge is 0.271 e. The topological polar surface area (TPSA) is 102 Å². The van der Waals surface area contributed by atoms with Crippen molar-refractivity contribution in [2.24, 2.45) is 5.92 Å². The molecule has 2 aromatic rings. The molecule has 3 rings (SSSR count). The number of anilines is 2. The van der Waals surface area contributed by atoms with E-state index in [1.807, 2.05) is 0 Å². The summed E-state index contributed by atoms with van der Waals surface area (Å²) in [6.07, 6.45) is -0.836. The molecule has 8 nitrogen and oxygen atoms in total. The maximum atomic E-state index is 13.3. The summed E-state index contributed by atoms with van der Waals surface area (Å²) in [7, 11) is 0. The number of nitrogens with zero attached hydrogens (tertiary/aromatic N) is 2. The van der Waals surface area contributed by atoms with E-state index in [1.54, 1.807) is 13.8 Å². The number of halogens is 2. The zero-order chi connectivity index (χ0) is 21.3. The van der Waals surface area contributed by atoms with E-state index in [-0.39, 0.29) is 33.8 Å². The minimum atomic E-state index is -0.836. The number of benzene rings is 2. The predicted molar refractivity (Wildman–Crippen MR) is 105 cm³/mol. The first kappa shape index (κ1) is 20.5. The maximum absolute atomic E-state index is 13.3. The molecule has 0 saturated carbocycles. The van der Waals surface area contributed by atoms with Crippen molar-refractivity contribution in [3.63, 3.8) is 0 Å². The van der Waals surface area contributed by atoms with Crippen LogP contribution in [0.4, 0.5) is 21.5 Å². The van der Waals surface area contributed by atoms with E-state index in [2.05, 4.69) is 5.32 Å². The summed E-state index contributed by atoms with van der Waals surface area (Å²) < 4.78 is 19.0. The highest BCUT2D eigenvalue weighted by atomic mass is 35.5. The summed E-state index contributed by atoms with van der Waals surface area (Å²) in [5, 5.41) is 13.5. The third-order valence-corrected chi connectivity index (χ3v) is 4.61. The second kappa shape index (κ2) is 8.04. The Morgan fingerprint density at radius 2 is 2.07 bits per heavy atom. The number of amides is 2. The highest BCUT2D eigenvalue weighted by molar-refractivity contribution is 6.31. The largest absolute Gasteiger partial charge is 0.478 e. The average Bonchev–Trinajstić information content (AvgIpc) is 2.66. The van der Waals surface area contributed by atoms with E-state index in [0.717, 1.165) is 11.0 Å². The highest BCUT2D eigenvalue weighted by Crippen LogP contribution is 2.38. The lowest BCUT2D eigenvalue weighted by Crippen LogP contribution is -2.50. The number of hydrogen-bond donors (Lipinski definition) is 1. The Bertz CT molecular complexity index is 998. The van der Waals surface area contributed by atoms with Crippen LogP contribution in [0.3, 0.4) is 0 Å². The number of carbonyl (C=O) groups excluding carboxylic acids is 2. The third-order valence-electron chi connectivity index (χ3n) is 4.32. The Morgan fingerprint density at radius 3 is 2.69 bits per heavy atom. The molecule has 0 saturated heterocycles. The molecule has 1 aliphatic heterocycles. The lowest BCUT2D eigenvalue weighted by atomic mass is 10.0. The van der Waals surface area contributed by atoms with Gasteiger partial charge < -0.3 is 10.1 Å². The second-order valence-electron chi connectivity index (χ2n) is 6.79. The van der Waals surface area contributed by atoms with Crippen LogP contribution in [-0.4, -0.2) is 29.4 Å². The standard InChI is InChI=1S/C19H17ClFN3O5/c1-10(2)18-19(26)23(15-8-12(24(27)28)4-6-16(15)29-18)9-17(25)22-11-3-5-14(21)13(20)7-11/h3-8,10,18H,9H2,1-2H3,(H,22,25). The van der Waals surface area contributed by atoms with E-state index in [0.29, 0.717) is 0 Å². The number of nitrogens with one attached hydrogen (secondary N) is 1. The summed E-state index contributed by atoms with van der Waals surface area (Å²) in [5.74, 6) is -1.61. The average molecular weight is 422 g/mol. The fraction of sp³-hybridized carbons (Fsp3) is 0.263. The van der Waals surface area contributed by atoms with Crippen molar-refractivity contribution in [3.8, 4) is 5.75 Å². The predicted octanol–water partition coefficient (Wildman–Crippen LogP) is 3.78. The first-order valence-corrected chi connectivity index (χ1v) is 9.06. The monoisotopic (exact) mass is 421 g/mol. The molecule has 0 fully saturated rings. The molecule has 1 aliphatic rings. The lowest BCUT2D eigenvalue weighted by Gasteiger charge is -2.35. The Morgan fingerprint density at radius 1 is 1.34 bits per heavy atom. The molecule has 0 aliphatic carbocycles. The number of non-ortho nitro benzene ring substituents is 1. The summed E-state index contributed by atoms with van der Waals surface area (Å²) in [4.78, 5) is 37.0. The van der Waals surface area contributed by atoms with Gasteiger partial charge in [0.2, 0.25) is 5.91 Å². The zero-order valence-electron chi connectivity index (χ0n) is 15.5. The molecule has 152 valence electrons. The van der Waals surface area contributed by atoms with Crippen LogP contribution < -0.4 is 15.0 Å². The summed E-state index contributed by atoms with van der Waals surface area (Å²) in [5.41, 5.74) is 0.147. The number of nitro groups is 1. The number of nitro benzene ring substituents is 1. The molecule has 0 aromatic heterocycles. The Balaban J connectivity index is 1.90. The molecule has 0 bridgehead atoms. The van der Waals surface area contributed by atoms with Gasteiger partial charge in [-0.05, 0) is 30.2 Å². The molecule has 1 heterocycles. The molecule has 0 spiro atoms. The lowest BCUT2D eigenvalue weighted by molar-refractivity contribution is -0.384. The van der Waals surface area contributed by atoms with Crippen LogP contribution in [0.5, 0.6) is 5.75 Å². The second-order valence-corrected chi connectivity index (χ2v) is 7.20. The van der Waals surface area contributed by atoms with Gasteiger partial charge in [-0.3, -0.25) is 24.6 Å². The first-order valence-electron chi connectivity index (χ1n) is 8.68. The third kappa shape index (κ3) is 4.29. The molecule has 1 atom stereocenters. The SMILES string of the molecule is CC(C)C1Oc2ccc([N+](=O)[O-])cc2N(CC(=O)Nc2ccc(F)c(Cl)c2)C1=O.